The molecule has 2 N–H and O–H groups in total. The molecule has 70 valence electrons. The average Bonchev–Trinajstić information content (AvgIpc) is 2.30. The van der Waals surface area contributed by atoms with Crippen LogP contribution in [0.2, 0.25) is 0 Å². The van der Waals surface area contributed by atoms with Gasteiger partial charge in [0.2, 0.25) is 0 Å². The molecular weight excluding hydrogens is 246 g/mol. The molecule has 1 heterocycles. The molecule has 1 aliphatic rings. The van der Waals surface area contributed by atoms with Gasteiger partial charge in [0.25, 0.3) is 0 Å². The van der Waals surface area contributed by atoms with Crippen LogP contribution in [0.3, 0.4) is 0 Å². The van der Waals surface area contributed by atoms with Crippen molar-refractivity contribution < 1.29 is 0 Å². The lowest BCUT2D eigenvalue weighted by atomic mass is 10.0. The molecule has 3 heteroatoms. The fraction of sp³-hybridized carbons (Fsp3) is 0.400. The standard InChI is InChI=1S/C10H12BrNS/c11-9-3-1-2-7-8(9)6-13-5-4-10(7)12/h1-3,10H,4-6,12H2/t10-/m0/s1. The largest absolute Gasteiger partial charge is 0.324 e. The Labute approximate surface area is 91.2 Å². The minimum absolute atomic E-state index is 0.225. The Morgan fingerprint density at radius 1 is 1.46 bits per heavy atom. The number of rotatable bonds is 0. The molecule has 2 rings (SSSR count). The predicted octanol–water partition coefficient (Wildman–Crippen LogP) is 3.09. The van der Waals surface area contributed by atoms with Crippen LogP contribution in [0.15, 0.2) is 22.7 Å². The van der Waals surface area contributed by atoms with Gasteiger partial charge in [-0.25, -0.2) is 0 Å². The van der Waals surface area contributed by atoms with E-state index in [4.69, 9.17) is 5.73 Å². The first-order chi connectivity index (χ1) is 6.29. The maximum absolute atomic E-state index is 6.08. The van der Waals surface area contributed by atoms with Gasteiger partial charge < -0.3 is 5.73 Å². The number of nitrogens with two attached hydrogens (primary N) is 1. The summed E-state index contributed by atoms with van der Waals surface area (Å²) in [7, 11) is 0. The summed E-state index contributed by atoms with van der Waals surface area (Å²) in [5, 5.41) is 0. The minimum atomic E-state index is 0.225. The molecule has 0 radical (unpaired) electrons. The Kier molecular flexibility index (Phi) is 2.96. The Balaban J connectivity index is 2.47. The van der Waals surface area contributed by atoms with Crippen LogP contribution in [0, 0.1) is 0 Å². The summed E-state index contributed by atoms with van der Waals surface area (Å²) >= 11 is 5.54. The van der Waals surface area contributed by atoms with Gasteiger partial charge in [-0.2, -0.15) is 11.8 Å². The van der Waals surface area contributed by atoms with Gasteiger partial charge in [0.1, 0.15) is 0 Å². The van der Waals surface area contributed by atoms with Crippen molar-refractivity contribution in [1.29, 1.82) is 0 Å². The van der Waals surface area contributed by atoms with Crippen LogP contribution in [0.25, 0.3) is 0 Å². The monoisotopic (exact) mass is 257 g/mol. The van der Waals surface area contributed by atoms with Gasteiger partial charge in [0.15, 0.2) is 0 Å². The number of hydrogen-bond donors (Lipinski definition) is 1. The molecule has 0 aromatic heterocycles. The molecule has 0 unspecified atom stereocenters. The quantitative estimate of drug-likeness (QED) is 0.773. The van der Waals surface area contributed by atoms with Gasteiger partial charge in [-0.1, -0.05) is 28.1 Å². The van der Waals surface area contributed by atoms with Crippen LogP contribution < -0.4 is 5.73 Å². The van der Waals surface area contributed by atoms with Crippen LogP contribution in [0.4, 0.5) is 0 Å². The van der Waals surface area contributed by atoms with E-state index in [-0.39, 0.29) is 6.04 Å². The van der Waals surface area contributed by atoms with Crippen molar-refractivity contribution in [2.24, 2.45) is 5.73 Å². The van der Waals surface area contributed by atoms with Gasteiger partial charge in [-0.05, 0) is 29.4 Å². The summed E-state index contributed by atoms with van der Waals surface area (Å²) in [6.45, 7) is 0. The summed E-state index contributed by atoms with van der Waals surface area (Å²) in [5.74, 6) is 2.26. The molecule has 0 saturated carbocycles. The number of fused-ring (bicyclic) bond motifs is 1. The summed E-state index contributed by atoms with van der Waals surface area (Å²) in [6.07, 6.45) is 1.09. The summed E-state index contributed by atoms with van der Waals surface area (Å²) in [6, 6.07) is 6.54. The number of benzene rings is 1. The van der Waals surface area contributed by atoms with E-state index in [1.54, 1.807) is 0 Å². The minimum Gasteiger partial charge on any atom is -0.324 e. The number of thioether (sulfide) groups is 1. The molecule has 0 bridgehead atoms. The zero-order chi connectivity index (χ0) is 9.26. The van der Waals surface area contributed by atoms with E-state index in [1.165, 1.54) is 21.4 Å². The Morgan fingerprint density at radius 3 is 3.15 bits per heavy atom. The molecule has 1 aromatic carbocycles. The van der Waals surface area contributed by atoms with Crippen LogP contribution in [0.1, 0.15) is 23.6 Å². The first kappa shape index (κ1) is 9.56. The fourth-order valence-electron chi connectivity index (χ4n) is 1.62. The van der Waals surface area contributed by atoms with Gasteiger partial charge in [0, 0.05) is 16.3 Å². The highest BCUT2D eigenvalue weighted by Gasteiger charge is 2.16. The topological polar surface area (TPSA) is 26.0 Å². The highest BCUT2D eigenvalue weighted by Crippen LogP contribution is 2.33. The summed E-state index contributed by atoms with van der Waals surface area (Å²) < 4.78 is 1.20. The van der Waals surface area contributed by atoms with Crippen LogP contribution in [-0.4, -0.2) is 5.75 Å². The van der Waals surface area contributed by atoms with Crippen molar-refractivity contribution in [2.75, 3.05) is 5.75 Å². The SMILES string of the molecule is N[C@H]1CCSCc2c(Br)cccc21. The van der Waals surface area contributed by atoms with E-state index in [0.717, 1.165) is 12.2 Å². The van der Waals surface area contributed by atoms with Crippen LogP contribution >= 0.6 is 27.7 Å². The molecule has 1 aromatic rings. The van der Waals surface area contributed by atoms with E-state index >= 15 is 0 Å². The zero-order valence-corrected chi connectivity index (χ0v) is 9.70. The van der Waals surface area contributed by atoms with Gasteiger partial charge in [-0.15, -0.1) is 0 Å². The smallest absolute Gasteiger partial charge is 0.0306 e. The molecule has 1 aliphatic heterocycles. The second-order valence-electron chi connectivity index (χ2n) is 3.26. The van der Waals surface area contributed by atoms with E-state index in [0.29, 0.717) is 0 Å². The molecular formula is C10H12BrNS. The Morgan fingerprint density at radius 2 is 2.31 bits per heavy atom. The second kappa shape index (κ2) is 4.03. The summed E-state index contributed by atoms with van der Waals surface area (Å²) in [4.78, 5) is 0. The molecule has 0 saturated heterocycles. The van der Waals surface area contributed by atoms with Crippen molar-refractivity contribution in [1.82, 2.24) is 0 Å². The number of halogens is 1. The lowest BCUT2D eigenvalue weighted by Crippen LogP contribution is -2.11. The lowest BCUT2D eigenvalue weighted by molar-refractivity contribution is 0.705. The van der Waals surface area contributed by atoms with Gasteiger partial charge in [0.05, 0.1) is 0 Å². The third kappa shape index (κ3) is 1.92. The van der Waals surface area contributed by atoms with Gasteiger partial charge in [-0.3, -0.25) is 0 Å². The first-order valence-corrected chi connectivity index (χ1v) is 6.34. The van der Waals surface area contributed by atoms with Gasteiger partial charge >= 0.3 is 0 Å². The fourth-order valence-corrected chi connectivity index (χ4v) is 3.41. The second-order valence-corrected chi connectivity index (χ2v) is 5.21. The van der Waals surface area contributed by atoms with Crippen LogP contribution in [0.5, 0.6) is 0 Å². The number of hydrogen-bond acceptors (Lipinski definition) is 2. The van der Waals surface area contributed by atoms with Crippen molar-refractivity contribution in [3.05, 3.63) is 33.8 Å². The van der Waals surface area contributed by atoms with E-state index in [2.05, 4.69) is 34.1 Å². The molecule has 1 atom stereocenters. The lowest BCUT2D eigenvalue weighted by Gasteiger charge is -2.12. The maximum Gasteiger partial charge on any atom is 0.0306 e. The van der Waals surface area contributed by atoms with Crippen molar-refractivity contribution >= 4 is 27.7 Å². The normalized spacial score (nSPS) is 22.2. The van der Waals surface area contributed by atoms with Crippen molar-refractivity contribution in [3.8, 4) is 0 Å². The highest BCUT2D eigenvalue weighted by atomic mass is 79.9. The Hall–Kier alpha value is 0.0100. The van der Waals surface area contributed by atoms with E-state index < -0.39 is 0 Å². The molecule has 0 amide bonds. The van der Waals surface area contributed by atoms with Crippen molar-refractivity contribution in [3.63, 3.8) is 0 Å². The third-order valence-corrected chi connectivity index (χ3v) is 4.13. The first-order valence-electron chi connectivity index (χ1n) is 4.39. The molecule has 0 fully saturated rings. The predicted molar refractivity (Wildman–Crippen MR) is 61.8 cm³/mol. The van der Waals surface area contributed by atoms with Crippen molar-refractivity contribution in [2.45, 2.75) is 18.2 Å². The zero-order valence-electron chi connectivity index (χ0n) is 7.29. The third-order valence-electron chi connectivity index (χ3n) is 2.37. The summed E-state index contributed by atoms with van der Waals surface area (Å²) in [5.41, 5.74) is 8.79. The molecule has 13 heavy (non-hydrogen) atoms. The van der Waals surface area contributed by atoms with E-state index in [1.807, 2.05) is 11.8 Å². The Bertz CT molecular complexity index is 314. The van der Waals surface area contributed by atoms with E-state index in [9.17, 15) is 0 Å². The molecule has 1 nitrogen and oxygen atoms in total. The maximum atomic E-state index is 6.08. The van der Waals surface area contributed by atoms with Crippen LogP contribution in [-0.2, 0) is 5.75 Å². The average molecular weight is 258 g/mol. The molecule has 0 spiro atoms. The highest BCUT2D eigenvalue weighted by molar-refractivity contribution is 9.10. The molecule has 0 aliphatic carbocycles.